The van der Waals surface area contributed by atoms with Crippen LogP contribution in [-0.2, 0) is 6.54 Å². The summed E-state index contributed by atoms with van der Waals surface area (Å²) in [5.74, 6) is 1.14. The third-order valence-corrected chi connectivity index (χ3v) is 2.75. The first-order valence-electron chi connectivity index (χ1n) is 4.73. The fourth-order valence-corrected chi connectivity index (χ4v) is 1.81. The van der Waals surface area contributed by atoms with Gasteiger partial charge in [0.05, 0.1) is 6.54 Å². The summed E-state index contributed by atoms with van der Waals surface area (Å²) in [6.45, 7) is 0.685. The van der Waals surface area contributed by atoms with Gasteiger partial charge in [-0.05, 0) is 11.4 Å². The molecule has 16 heavy (non-hydrogen) atoms. The van der Waals surface area contributed by atoms with Crippen LogP contribution in [0, 0.1) is 0 Å². The zero-order valence-corrected chi connectivity index (χ0v) is 9.58. The van der Waals surface area contributed by atoms with Crippen LogP contribution < -0.4 is 16.4 Å². The Morgan fingerprint density at radius 2 is 2.12 bits per heavy atom. The maximum atomic E-state index is 5.54. The molecule has 0 amide bonds. The second kappa shape index (κ2) is 4.75. The molecule has 7 heteroatoms. The molecule has 84 valence electrons. The summed E-state index contributed by atoms with van der Waals surface area (Å²) < 4.78 is 0. The van der Waals surface area contributed by atoms with E-state index in [-0.39, 0.29) is 5.95 Å². The maximum absolute atomic E-state index is 5.54. The van der Waals surface area contributed by atoms with Gasteiger partial charge in [-0.15, -0.1) is 11.3 Å². The number of nitrogens with two attached hydrogens (primary N) is 1. The van der Waals surface area contributed by atoms with Crippen LogP contribution in [0.25, 0.3) is 0 Å². The smallest absolute Gasteiger partial charge is 0.229 e. The van der Waals surface area contributed by atoms with E-state index in [4.69, 9.17) is 5.73 Å². The lowest BCUT2D eigenvalue weighted by Gasteiger charge is -2.05. The van der Waals surface area contributed by atoms with Crippen LogP contribution in [0.1, 0.15) is 4.88 Å². The Balaban J connectivity index is 2.06. The quantitative estimate of drug-likeness (QED) is 0.738. The summed E-state index contributed by atoms with van der Waals surface area (Å²) in [5, 5.41) is 7.94. The van der Waals surface area contributed by atoms with Gasteiger partial charge in [-0.3, -0.25) is 0 Å². The number of rotatable bonds is 4. The molecule has 0 aromatic carbocycles. The van der Waals surface area contributed by atoms with Crippen molar-refractivity contribution in [1.82, 2.24) is 15.0 Å². The summed E-state index contributed by atoms with van der Waals surface area (Å²) in [5.41, 5.74) is 5.54. The number of thiophene rings is 1. The fourth-order valence-electron chi connectivity index (χ4n) is 1.16. The molecule has 0 fully saturated rings. The van der Waals surface area contributed by atoms with Crippen LogP contribution in [0.5, 0.6) is 0 Å². The van der Waals surface area contributed by atoms with Gasteiger partial charge in [-0.25, -0.2) is 0 Å². The van der Waals surface area contributed by atoms with Gasteiger partial charge in [0.15, 0.2) is 0 Å². The molecule has 0 aliphatic carbocycles. The molecule has 0 aliphatic heterocycles. The molecule has 2 heterocycles. The van der Waals surface area contributed by atoms with Gasteiger partial charge < -0.3 is 16.4 Å². The third-order valence-electron chi connectivity index (χ3n) is 1.88. The molecular formula is C9H12N6S. The molecule has 0 atom stereocenters. The van der Waals surface area contributed by atoms with E-state index in [0.29, 0.717) is 18.4 Å². The molecule has 2 aromatic rings. The van der Waals surface area contributed by atoms with Crippen molar-refractivity contribution < 1.29 is 0 Å². The van der Waals surface area contributed by atoms with Gasteiger partial charge >= 0.3 is 0 Å². The number of nitrogen functional groups attached to an aromatic ring is 1. The highest BCUT2D eigenvalue weighted by atomic mass is 32.1. The lowest BCUT2D eigenvalue weighted by Crippen LogP contribution is -2.08. The second-order valence-corrected chi connectivity index (χ2v) is 4.06. The minimum Gasteiger partial charge on any atom is -0.368 e. The molecule has 0 spiro atoms. The molecule has 6 nitrogen and oxygen atoms in total. The van der Waals surface area contributed by atoms with E-state index in [1.165, 1.54) is 4.88 Å². The average Bonchev–Trinajstić information content (AvgIpc) is 2.78. The van der Waals surface area contributed by atoms with Crippen molar-refractivity contribution in [2.75, 3.05) is 23.4 Å². The number of anilines is 3. The average molecular weight is 236 g/mol. The molecule has 0 saturated carbocycles. The van der Waals surface area contributed by atoms with Gasteiger partial charge in [0.2, 0.25) is 17.8 Å². The van der Waals surface area contributed by atoms with E-state index >= 15 is 0 Å². The number of nitrogens with zero attached hydrogens (tertiary/aromatic N) is 3. The normalized spacial score (nSPS) is 10.1. The van der Waals surface area contributed by atoms with Crippen molar-refractivity contribution >= 4 is 29.2 Å². The molecule has 0 bridgehead atoms. The SMILES string of the molecule is CNc1nc(N)nc(NCc2cccs2)n1. The van der Waals surface area contributed by atoms with E-state index in [1.54, 1.807) is 18.4 Å². The fraction of sp³-hybridized carbons (Fsp3) is 0.222. The largest absolute Gasteiger partial charge is 0.368 e. The van der Waals surface area contributed by atoms with Crippen molar-refractivity contribution in [3.05, 3.63) is 22.4 Å². The Kier molecular flexibility index (Phi) is 3.16. The molecule has 2 rings (SSSR count). The molecule has 2 aromatic heterocycles. The van der Waals surface area contributed by atoms with Crippen LogP contribution in [-0.4, -0.2) is 22.0 Å². The Bertz CT molecular complexity index is 455. The molecule has 0 aliphatic rings. The summed E-state index contributed by atoms with van der Waals surface area (Å²) in [6.07, 6.45) is 0. The lowest BCUT2D eigenvalue weighted by atomic mass is 10.5. The molecular weight excluding hydrogens is 224 g/mol. The van der Waals surface area contributed by atoms with Crippen LogP contribution in [0.3, 0.4) is 0 Å². The van der Waals surface area contributed by atoms with Gasteiger partial charge in [0.25, 0.3) is 0 Å². The maximum Gasteiger partial charge on any atom is 0.229 e. The Labute approximate surface area is 97.0 Å². The Morgan fingerprint density at radius 1 is 1.31 bits per heavy atom. The van der Waals surface area contributed by atoms with Crippen LogP contribution in [0.4, 0.5) is 17.8 Å². The van der Waals surface area contributed by atoms with Crippen LogP contribution >= 0.6 is 11.3 Å². The zero-order chi connectivity index (χ0) is 11.4. The first kappa shape index (κ1) is 10.6. The summed E-state index contributed by atoms with van der Waals surface area (Å²) in [6, 6.07) is 4.05. The number of hydrogen-bond donors (Lipinski definition) is 3. The predicted octanol–water partition coefficient (Wildman–Crippen LogP) is 1.17. The molecule has 0 saturated heterocycles. The van der Waals surface area contributed by atoms with Gasteiger partial charge in [-0.2, -0.15) is 15.0 Å². The van der Waals surface area contributed by atoms with E-state index in [2.05, 4.69) is 25.6 Å². The zero-order valence-electron chi connectivity index (χ0n) is 8.77. The topological polar surface area (TPSA) is 88.8 Å². The van der Waals surface area contributed by atoms with Crippen molar-refractivity contribution in [2.24, 2.45) is 0 Å². The highest BCUT2D eigenvalue weighted by Crippen LogP contribution is 2.11. The van der Waals surface area contributed by atoms with Crippen molar-refractivity contribution in [3.8, 4) is 0 Å². The minimum absolute atomic E-state index is 0.202. The third kappa shape index (κ3) is 2.57. The molecule has 0 radical (unpaired) electrons. The lowest BCUT2D eigenvalue weighted by molar-refractivity contribution is 1.02. The predicted molar refractivity (Wildman–Crippen MR) is 65.4 cm³/mol. The first-order valence-corrected chi connectivity index (χ1v) is 5.61. The monoisotopic (exact) mass is 236 g/mol. The van der Waals surface area contributed by atoms with Crippen molar-refractivity contribution in [1.29, 1.82) is 0 Å². The van der Waals surface area contributed by atoms with Gasteiger partial charge in [0.1, 0.15) is 0 Å². The van der Waals surface area contributed by atoms with E-state index < -0.39 is 0 Å². The van der Waals surface area contributed by atoms with E-state index in [9.17, 15) is 0 Å². The summed E-state index contributed by atoms with van der Waals surface area (Å²) >= 11 is 1.68. The van der Waals surface area contributed by atoms with Gasteiger partial charge in [0, 0.05) is 11.9 Å². The first-order chi connectivity index (χ1) is 7.78. The summed E-state index contributed by atoms with van der Waals surface area (Å²) in [7, 11) is 1.73. The van der Waals surface area contributed by atoms with Crippen LogP contribution in [0.15, 0.2) is 17.5 Å². The van der Waals surface area contributed by atoms with Crippen LogP contribution in [0.2, 0.25) is 0 Å². The van der Waals surface area contributed by atoms with E-state index in [1.807, 2.05) is 17.5 Å². The number of hydrogen-bond acceptors (Lipinski definition) is 7. The highest BCUT2D eigenvalue weighted by molar-refractivity contribution is 7.09. The molecule has 4 N–H and O–H groups in total. The van der Waals surface area contributed by atoms with Gasteiger partial charge in [-0.1, -0.05) is 6.07 Å². The van der Waals surface area contributed by atoms with Crippen molar-refractivity contribution in [2.45, 2.75) is 6.54 Å². The Morgan fingerprint density at radius 3 is 2.81 bits per heavy atom. The molecule has 0 unspecified atom stereocenters. The van der Waals surface area contributed by atoms with Crippen molar-refractivity contribution in [3.63, 3.8) is 0 Å². The number of nitrogens with one attached hydrogen (secondary N) is 2. The Hall–Kier alpha value is -1.89. The minimum atomic E-state index is 0.202. The standard InChI is InChI=1S/C9H12N6S/c1-11-8-13-7(10)14-9(15-8)12-5-6-3-2-4-16-6/h2-4H,5H2,1H3,(H4,10,11,12,13,14,15). The van der Waals surface area contributed by atoms with E-state index in [0.717, 1.165) is 0 Å². The highest BCUT2D eigenvalue weighted by Gasteiger charge is 2.02. The number of aromatic nitrogens is 3. The second-order valence-electron chi connectivity index (χ2n) is 3.02. The summed E-state index contributed by atoms with van der Waals surface area (Å²) in [4.78, 5) is 13.2.